The van der Waals surface area contributed by atoms with Crippen LogP contribution in [0.25, 0.3) is 0 Å². The lowest BCUT2D eigenvalue weighted by Gasteiger charge is -2.24. The van der Waals surface area contributed by atoms with Gasteiger partial charge < -0.3 is 19.7 Å². The summed E-state index contributed by atoms with van der Waals surface area (Å²) < 4.78 is 10.4. The van der Waals surface area contributed by atoms with Crippen LogP contribution in [0.2, 0.25) is 0 Å². The molecule has 0 amide bonds. The van der Waals surface area contributed by atoms with E-state index >= 15 is 0 Å². The van der Waals surface area contributed by atoms with Gasteiger partial charge in [0.15, 0.2) is 0 Å². The van der Waals surface area contributed by atoms with E-state index in [1.165, 1.54) is 48.5 Å². The fourth-order valence-corrected chi connectivity index (χ4v) is 2.41. The third kappa shape index (κ3) is 5.65. The summed E-state index contributed by atoms with van der Waals surface area (Å²) in [6.07, 6.45) is 0. The Hall–Kier alpha value is -3.68. The van der Waals surface area contributed by atoms with Crippen molar-refractivity contribution in [3.05, 3.63) is 70.8 Å². The third-order valence-corrected chi connectivity index (χ3v) is 3.94. The van der Waals surface area contributed by atoms with Crippen molar-refractivity contribution in [2.75, 3.05) is 13.2 Å². The number of carboxylic acid groups (broad SMARTS) is 2. The summed E-state index contributed by atoms with van der Waals surface area (Å²) in [4.78, 5) is 46.9. The number of carboxylic acids is 2. The minimum atomic E-state index is -1.25. The SMILES string of the molecule is CC(C)(COC(=O)c1ccccc1C(=O)O)COC(=O)c1ccccc1C(=O)O. The summed E-state index contributed by atoms with van der Waals surface area (Å²) in [6.45, 7) is 3.07. The van der Waals surface area contributed by atoms with Crippen LogP contribution in [-0.4, -0.2) is 47.3 Å². The van der Waals surface area contributed by atoms with Crippen molar-refractivity contribution in [2.24, 2.45) is 5.41 Å². The number of aromatic carboxylic acids is 2. The zero-order valence-electron chi connectivity index (χ0n) is 15.9. The van der Waals surface area contributed by atoms with Gasteiger partial charge in [0.05, 0.1) is 35.5 Å². The highest BCUT2D eigenvalue weighted by Gasteiger charge is 2.26. The molecule has 0 fully saturated rings. The lowest BCUT2D eigenvalue weighted by Crippen LogP contribution is -2.29. The van der Waals surface area contributed by atoms with Gasteiger partial charge in [0.2, 0.25) is 0 Å². The zero-order valence-corrected chi connectivity index (χ0v) is 15.9. The highest BCUT2D eigenvalue weighted by Crippen LogP contribution is 2.20. The predicted molar refractivity (Wildman–Crippen MR) is 101 cm³/mol. The summed E-state index contributed by atoms with van der Waals surface area (Å²) in [6, 6.07) is 11.3. The Labute approximate surface area is 166 Å². The van der Waals surface area contributed by atoms with E-state index in [2.05, 4.69) is 0 Å². The highest BCUT2D eigenvalue weighted by molar-refractivity contribution is 6.03. The van der Waals surface area contributed by atoms with Crippen molar-refractivity contribution in [3.63, 3.8) is 0 Å². The molecule has 152 valence electrons. The Balaban J connectivity index is 1.99. The lowest BCUT2D eigenvalue weighted by molar-refractivity contribution is 0.00577. The molecule has 0 aromatic heterocycles. The largest absolute Gasteiger partial charge is 0.478 e. The van der Waals surface area contributed by atoms with E-state index in [-0.39, 0.29) is 35.5 Å². The molecule has 2 rings (SSSR count). The Morgan fingerprint density at radius 1 is 0.690 bits per heavy atom. The van der Waals surface area contributed by atoms with Crippen LogP contribution in [0.15, 0.2) is 48.5 Å². The van der Waals surface area contributed by atoms with Gasteiger partial charge in [0.25, 0.3) is 0 Å². The van der Waals surface area contributed by atoms with Gasteiger partial charge in [-0.2, -0.15) is 0 Å². The molecule has 2 N–H and O–H groups in total. The van der Waals surface area contributed by atoms with Gasteiger partial charge >= 0.3 is 23.9 Å². The molecule has 29 heavy (non-hydrogen) atoms. The molecule has 0 aliphatic heterocycles. The summed E-state index contributed by atoms with van der Waals surface area (Å²) in [5, 5.41) is 18.3. The van der Waals surface area contributed by atoms with Crippen molar-refractivity contribution in [1.82, 2.24) is 0 Å². The summed E-state index contributed by atoms with van der Waals surface area (Å²) in [5.41, 5.74) is -1.30. The van der Waals surface area contributed by atoms with Crippen LogP contribution >= 0.6 is 0 Å². The monoisotopic (exact) mass is 400 g/mol. The van der Waals surface area contributed by atoms with Crippen LogP contribution in [0.3, 0.4) is 0 Å². The molecular formula is C21H20O8. The predicted octanol–water partition coefficient (Wildman–Crippen LogP) is 3.12. The van der Waals surface area contributed by atoms with Crippen molar-refractivity contribution in [2.45, 2.75) is 13.8 Å². The standard InChI is InChI=1S/C21H20O8/c1-21(2,11-28-19(26)15-9-5-3-7-13(15)17(22)23)12-29-20(27)16-10-6-4-8-14(16)18(24)25/h3-10H,11-12H2,1-2H3,(H,22,23)(H,24,25). The van der Waals surface area contributed by atoms with E-state index in [1.54, 1.807) is 13.8 Å². The Kier molecular flexibility index (Phi) is 6.71. The molecule has 8 nitrogen and oxygen atoms in total. The zero-order chi connectivity index (χ0) is 21.6. The van der Waals surface area contributed by atoms with Crippen LogP contribution in [0.5, 0.6) is 0 Å². The number of esters is 2. The minimum absolute atomic E-state index is 0.0804. The first-order valence-corrected chi connectivity index (χ1v) is 8.61. The molecule has 8 heteroatoms. The van der Waals surface area contributed by atoms with Crippen molar-refractivity contribution in [1.29, 1.82) is 0 Å². The first kappa shape index (κ1) is 21.6. The lowest BCUT2D eigenvalue weighted by atomic mass is 9.96. The summed E-state index contributed by atoms with van der Waals surface area (Å²) >= 11 is 0. The maximum absolute atomic E-state index is 12.2. The van der Waals surface area contributed by atoms with Gasteiger partial charge in [0.1, 0.15) is 0 Å². The summed E-state index contributed by atoms with van der Waals surface area (Å²) in [7, 11) is 0. The number of ether oxygens (including phenoxy) is 2. The Bertz CT molecular complexity index is 870. The van der Waals surface area contributed by atoms with Crippen LogP contribution in [-0.2, 0) is 9.47 Å². The molecule has 2 aromatic carbocycles. The second-order valence-corrected chi connectivity index (χ2v) is 7.02. The van der Waals surface area contributed by atoms with E-state index < -0.39 is 29.3 Å². The van der Waals surface area contributed by atoms with Gasteiger partial charge in [-0.05, 0) is 24.3 Å². The van der Waals surface area contributed by atoms with Gasteiger partial charge in [-0.15, -0.1) is 0 Å². The van der Waals surface area contributed by atoms with E-state index in [1.807, 2.05) is 0 Å². The minimum Gasteiger partial charge on any atom is -0.478 e. The molecule has 0 aliphatic rings. The molecule has 0 bridgehead atoms. The first-order chi connectivity index (χ1) is 13.6. The van der Waals surface area contributed by atoms with Crippen LogP contribution in [0.4, 0.5) is 0 Å². The molecule has 2 aromatic rings. The fourth-order valence-electron chi connectivity index (χ4n) is 2.41. The summed E-state index contributed by atoms with van der Waals surface area (Å²) in [5.74, 6) is -4.11. The average molecular weight is 400 g/mol. The van der Waals surface area contributed by atoms with Crippen molar-refractivity contribution < 1.29 is 38.9 Å². The molecule has 0 unspecified atom stereocenters. The van der Waals surface area contributed by atoms with Gasteiger partial charge in [-0.3, -0.25) is 0 Å². The van der Waals surface area contributed by atoms with Gasteiger partial charge in [-0.25, -0.2) is 19.2 Å². The van der Waals surface area contributed by atoms with E-state index in [9.17, 15) is 19.2 Å². The highest BCUT2D eigenvalue weighted by atomic mass is 16.5. The smallest absolute Gasteiger partial charge is 0.339 e. The maximum Gasteiger partial charge on any atom is 0.339 e. The Morgan fingerprint density at radius 3 is 1.31 bits per heavy atom. The average Bonchev–Trinajstić information content (AvgIpc) is 2.70. The molecule has 0 aliphatic carbocycles. The Morgan fingerprint density at radius 2 is 1.00 bits per heavy atom. The molecular weight excluding hydrogens is 380 g/mol. The van der Waals surface area contributed by atoms with E-state index in [4.69, 9.17) is 19.7 Å². The number of hydrogen-bond donors (Lipinski definition) is 2. The molecule has 0 spiro atoms. The van der Waals surface area contributed by atoms with E-state index in [0.717, 1.165) is 0 Å². The molecule has 0 saturated carbocycles. The number of rotatable bonds is 8. The molecule has 0 radical (unpaired) electrons. The number of benzene rings is 2. The van der Waals surface area contributed by atoms with Gasteiger partial charge in [-0.1, -0.05) is 38.1 Å². The number of hydrogen-bond acceptors (Lipinski definition) is 6. The maximum atomic E-state index is 12.2. The van der Waals surface area contributed by atoms with Crippen LogP contribution in [0.1, 0.15) is 55.3 Å². The first-order valence-electron chi connectivity index (χ1n) is 8.61. The normalized spacial score (nSPS) is 10.8. The quantitative estimate of drug-likeness (QED) is 0.647. The van der Waals surface area contributed by atoms with E-state index in [0.29, 0.717) is 0 Å². The van der Waals surface area contributed by atoms with Crippen LogP contribution < -0.4 is 0 Å². The number of carbonyl (C=O) groups excluding carboxylic acids is 2. The second-order valence-electron chi connectivity index (χ2n) is 7.02. The van der Waals surface area contributed by atoms with Crippen molar-refractivity contribution >= 4 is 23.9 Å². The molecule has 0 atom stereocenters. The van der Waals surface area contributed by atoms with Crippen LogP contribution in [0, 0.1) is 5.41 Å². The third-order valence-electron chi connectivity index (χ3n) is 3.94. The fraction of sp³-hybridized carbons (Fsp3) is 0.238. The molecule has 0 saturated heterocycles. The molecule has 0 heterocycles. The van der Waals surface area contributed by atoms with Crippen molar-refractivity contribution in [3.8, 4) is 0 Å². The van der Waals surface area contributed by atoms with Gasteiger partial charge in [0, 0.05) is 5.41 Å². The number of carbonyl (C=O) groups is 4. The topological polar surface area (TPSA) is 127 Å². The second kappa shape index (κ2) is 9.01.